The molecule has 118 valence electrons. The summed E-state index contributed by atoms with van der Waals surface area (Å²) >= 11 is 6.45. The topological polar surface area (TPSA) is 24.5 Å². The van der Waals surface area contributed by atoms with Gasteiger partial charge in [0.15, 0.2) is 0 Å². The van der Waals surface area contributed by atoms with E-state index in [1.807, 2.05) is 0 Å². The molecule has 0 bridgehead atoms. The van der Waals surface area contributed by atoms with Crippen LogP contribution < -0.4 is 10.2 Å². The van der Waals surface area contributed by atoms with Crippen molar-refractivity contribution in [1.29, 1.82) is 0 Å². The Kier molecular flexibility index (Phi) is 6.34. The number of hydrogen-bond donors (Lipinski definition) is 1. The van der Waals surface area contributed by atoms with E-state index in [0.29, 0.717) is 12.0 Å². The van der Waals surface area contributed by atoms with Gasteiger partial charge in [-0.15, -0.1) is 0 Å². The maximum Gasteiger partial charge on any atom is 0.0587 e. The Morgan fingerprint density at radius 2 is 2.14 bits per heavy atom. The molecule has 0 saturated heterocycles. The van der Waals surface area contributed by atoms with Crippen LogP contribution in [0.25, 0.3) is 0 Å². The fraction of sp³-hybridized carbons (Fsp3) is 0.647. The number of ether oxygens (including phenoxy) is 1. The summed E-state index contributed by atoms with van der Waals surface area (Å²) in [5.74, 6) is 0.666. The first-order chi connectivity index (χ1) is 10.1. The maximum atomic E-state index is 6.45. The van der Waals surface area contributed by atoms with Crippen LogP contribution in [-0.4, -0.2) is 32.8 Å². The minimum Gasteiger partial charge on any atom is -0.383 e. The van der Waals surface area contributed by atoms with Gasteiger partial charge in [-0.2, -0.15) is 0 Å². The number of anilines is 1. The molecule has 0 spiro atoms. The SMILES string of the molecule is COCCNCc1ccc(N(CC(C)C)C2CC2)cc1Cl. The first kappa shape index (κ1) is 16.6. The van der Waals surface area contributed by atoms with Crippen LogP contribution in [-0.2, 0) is 11.3 Å². The summed E-state index contributed by atoms with van der Waals surface area (Å²) in [6, 6.07) is 7.19. The normalized spacial score (nSPS) is 14.7. The number of rotatable bonds is 9. The Labute approximate surface area is 133 Å². The molecule has 1 aliphatic rings. The van der Waals surface area contributed by atoms with Gasteiger partial charge < -0.3 is 15.0 Å². The van der Waals surface area contributed by atoms with Crippen LogP contribution in [0.15, 0.2) is 18.2 Å². The Morgan fingerprint density at radius 3 is 2.71 bits per heavy atom. The van der Waals surface area contributed by atoms with Crippen molar-refractivity contribution in [3.63, 3.8) is 0 Å². The summed E-state index contributed by atoms with van der Waals surface area (Å²) in [7, 11) is 1.71. The zero-order valence-electron chi connectivity index (χ0n) is 13.4. The molecule has 4 heteroatoms. The number of nitrogens with zero attached hydrogens (tertiary/aromatic N) is 1. The van der Waals surface area contributed by atoms with Gasteiger partial charge in [0.1, 0.15) is 0 Å². The van der Waals surface area contributed by atoms with E-state index in [2.05, 4.69) is 42.3 Å². The smallest absolute Gasteiger partial charge is 0.0587 e. The quantitative estimate of drug-likeness (QED) is 0.704. The molecule has 0 atom stereocenters. The Balaban J connectivity index is 1.99. The minimum absolute atomic E-state index is 0.666. The van der Waals surface area contributed by atoms with Crippen LogP contribution in [0, 0.1) is 5.92 Å². The highest BCUT2D eigenvalue weighted by Crippen LogP contribution is 2.34. The van der Waals surface area contributed by atoms with Gasteiger partial charge in [0.05, 0.1) is 6.61 Å². The van der Waals surface area contributed by atoms with Gasteiger partial charge in [0, 0.05) is 43.5 Å². The Morgan fingerprint density at radius 1 is 1.38 bits per heavy atom. The van der Waals surface area contributed by atoms with Gasteiger partial charge in [-0.3, -0.25) is 0 Å². The van der Waals surface area contributed by atoms with Gasteiger partial charge in [-0.05, 0) is 36.5 Å². The average Bonchev–Trinajstić information content (AvgIpc) is 3.26. The molecule has 0 aliphatic heterocycles. The van der Waals surface area contributed by atoms with Gasteiger partial charge in [0.25, 0.3) is 0 Å². The fourth-order valence-electron chi connectivity index (χ4n) is 2.50. The summed E-state index contributed by atoms with van der Waals surface area (Å²) in [5, 5.41) is 4.19. The van der Waals surface area contributed by atoms with Crippen molar-refractivity contribution in [1.82, 2.24) is 5.32 Å². The van der Waals surface area contributed by atoms with Gasteiger partial charge in [-0.25, -0.2) is 0 Å². The zero-order valence-corrected chi connectivity index (χ0v) is 14.1. The lowest BCUT2D eigenvalue weighted by Crippen LogP contribution is -2.29. The summed E-state index contributed by atoms with van der Waals surface area (Å²) in [6.45, 7) is 7.99. The van der Waals surface area contributed by atoms with E-state index in [1.54, 1.807) is 7.11 Å². The molecule has 1 aromatic carbocycles. The van der Waals surface area contributed by atoms with E-state index >= 15 is 0 Å². The second kappa shape index (κ2) is 8.02. The molecule has 1 saturated carbocycles. The molecule has 0 unspecified atom stereocenters. The van der Waals surface area contributed by atoms with Crippen molar-refractivity contribution < 1.29 is 4.74 Å². The molecule has 0 amide bonds. The van der Waals surface area contributed by atoms with E-state index in [-0.39, 0.29) is 0 Å². The summed E-state index contributed by atoms with van der Waals surface area (Å²) in [5.41, 5.74) is 2.41. The third-order valence-electron chi connectivity index (χ3n) is 3.72. The largest absolute Gasteiger partial charge is 0.383 e. The number of methoxy groups -OCH3 is 1. The number of benzene rings is 1. The molecule has 1 aromatic rings. The molecule has 1 fully saturated rings. The fourth-order valence-corrected chi connectivity index (χ4v) is 2.74. The molecule has 0 heterocycles. The van der Waals surface area contributed by atoms with Crippen LogP contribution in [0.4, 0.5) is 5.69 Å². The van der Waals surface area contributed by atoms with E-state index in [4.69, 9.17) is 16.3 Å². The zero-order chi connectivity index (χ0) is 15.2. The highest BCUT2D eigenvalue weighted by atomic mass is 35.5. The number of halogens is 1. The molecule has 0 radical (unpaired) electrons. The van der Waals surface area contributed by atoms with Crippen molar-refractivity contribution in [2.75, 3.05) is 31.7 Å². The van der Waals surface area contributed by atoms with Crippen LogP contribution in [0.3, 0.4) is 0 Å². The molecule has 0 aromatic heterocycles. The maximum absolute atomic E-state index is 6.45. The lowest BCUT2D eigenvalue weighted by Gasteiger charge is -2.27. The van der Waals surface area contributed by atoms with Gasteiger partial charge in [-0.1, -0.05) is 31.5 Å². The number of nitrogens with one attached hydrogen (secondary N) is 1. The lowest BCUT2D eigenvalue weighted by molar-refractivity contribution is 0.199. The highest BCUT2D eigenvalue weighted by molar-refractivity contribution is 6.31. The Hall–Kier alpha value is -0.770. The first-order valence-electron chi connectivity index (χ1n) is 7.86. The lowest BCUT2D eigenvalue weighted by atomic mass is 10.1. The van der Waals surface area contributed by atoms with E-state index in [1.165, 1.54) is 18.5 Å². The van der Waals surface area contributed by atoms with Gasteiger partial charge >= 0.3 is 0 Å². The van der Waals surface area contributed by atoms with E-state index < -0.39 is 0 Å². The van der Waals surface area contributed by atoms with Crippen molar-refractivity contribution in [2.45, 2.75) is 39.3 Å². The second-order valence-electron chi connectivity index (χ2n) is 6.22. The summed E-state index contributed by atoms with van der Waals surface area (Å²) in [6.07, 6.45) is 2.62. The van der Waals surface area contributed by atoms with Crippen molar-refractivity contribution in [3.8, 4) is 0 Å². The highest BCUT2D eigenvalue weighted by Gasteiger charge is 2.29. The first-order valence-corrected chi connectivity index (χ1v) is 8.24. The molecule has 1 N–H and O–H groups in total. The molecule has 2 rings (SSSR count). The van der Waals surface area contributed by atoms with E-state index in [0.717, 1.165) is 36.8 Å². The predicted octanol–water partition coefficient (Wildman–Crippen LogP) is 3.70. The van der Waals surface area contributed by atoms with Crippen LogP contribution in [0.2, 0.25) is 5.02 Å². The summed E-state index contributed by atoms with van der Waals surface area (Å²) in [4.78, 5) is 2.51. The average molecular weight is 311 g/mol. The summed E-state index contributed by atoms with van der Waals surface area (Å²) < 4.78 is 5.03. The van der Waals surface area contributed by atoms with E-state index in [9.17, 15) is 0 Å². The predicted molar refractivity (Wildman–Crippen MR) is 90.2 cm³/mol. The van der Waals surface area contributed by atoms with Crippen molar-refractivity contribution in [3.05, 3.63) is 28.8 Å². The second-order valence-corrected chi connectivity index (χ2v) is 6.63. The standard InChI is InChI=1S/C17H27ClN2O/c1-13(2)12-20(15-6-7-15)16-5-4-14(17(18)10-16)11-19-8-9-21-3/h4-5,10,13,15,19H,6-9,11-12H2,1-3H3. The van der Waals surface area contributed by atoms with Crippen LogP contribution in [0.1, 0.15) is 32.3 Å². The third kappa shape index (κ3) is 5.17. The minimum atomic E-state index is 0.666. The third-order valence-corrected chi connectivity index (χ3v) is 4.07. The van der Waals surface area contributed by atoms with Crippen molar-refractivity contribution in [2.24, 2.45) is 5.92 Å². The van der Waals surface area contributed by atoms with Gasteiger partial charge in [0.2, 0.25) is 0 Å². The molecule has 3 nitrogen and oxygen atoms in total. The molecule has 21 heavy (non-hydrogen) atoms. The molecular formula is C17H27ClN2O. The Bertz CT molecular complexity index is 446. The van der Waals surface area contributed by atoms with Crippen LogP contribution in [0.5, 0.6) is 0 Å². The van der Waals surface area contributed by atoms with Crippen molar-refractivity contribution >= 4 is 17.3 Å². The molecule has 1 aliphatic carbocycles. The molecular weight excluding hydrogens is 284 g/mol. The monoisotopic (exact) mass is 310 g/mol. The number of hydrogen-bond acceptors (Lipinski definition) is 3. The van der Waals surface area contributed by atoms with Crippen LogP contribution >= 0.6 is 11.6 Å².